The fourth-order valence-corrected chi connectivity index (χ4v) is 2.16. The molecule has 0 radical (unpaired) electrons. The van der Waals surface area contributed by atoms with E-state index in [1.165, 1.54) is 5.56 Å². The number of aliphatic hydroxyl groups is 1. The predicted octanol–water partition coefficient (Wildman–Crippen LogP) is 2.27. The maximum Gasteiger partial charge on any atom is 0.135 e. The molecule has 2 rings (SSSR count). The standard InChI is InChI=1S/C16H21N3O/c1-13(2)19(10-11-20)16-8-9-17-15(18-16)12-14-6-4-3-5-7-14/h3-9,13,20H,10-12H2,1-2H3. The molecule has 1 aromatic carbocycles. The van der Waals surface area contributed by atoms with Crippen LogP contribution in [0.3, 0.4) is 0 Å². The van der Waals surface area contributed by atoms with E-state index in [2.05, 4.69) is 40.8 Å². The van der Waals surface area contributed by atoms with Gasteiger partial charge in [0.15, 0.2) is 0 Å². The van der Waals surface area contributed by atoms with Gasteiger partial charge in [-0.05, 0) is 25.5 Å². The van der Waals surface area contributed by atoms with Crippen molar-refractivity contribution in [2.45, 2.75) is 26.3 Å². The van der Waals surface area contributed by atoms with Crippen LogP contribution in [0.2, 0.25) is 0 Å². The maximum atomic E-state index is 9.17. The van der Waals surface area contributed by atoms with Crippen molar-refractivity contribution in [3.05, 3.63) is 54.0 Å². The first-order chi connectivity index (χ1) is 9.70. The summed E-state index contributed by atoms with van der Waals surface area (Å²) in [6, 6.07) is 12.4. The molecule has 20 heavy (non-hydrogen) atoms. The minimum Gasteiger partial charge on any atom is -0.395 e. The lowest BCUT2D eigenvalue weighted by molar-refractivity contribution is 0.298. The number of aromatic nitrogens is 2. The van der Waals surface area contributed by atoms with Crippen LogP contribution >= 0.6 is 0 Å². The molecule has 1 aromatic heterocycles. The van der Waals surface area contributed by atoms with E-state index in [1.54, 1.807) is 6.20 Å². The topological polar surface area (TPSA) is 49.2 Å². The molecular weight excluding hydrogens is 250 g/mol. The van der Waals surface area contributed by atoms with E-state index in [0.717, 1.165) is 18.1 Å². The highest BCUT2D eigenvalue weighted by Gasteiger charge is 2.12. The summed E-state index contributed by atoms with van der Waals surface area (Å²) < 4.78 is 0. The lowest BCUT2D eigenvalue weighted by Crippen LogP contribution is -2.34. The molecule has 0 amide bonds. The quantitative estimate of drug-likeness (QED) is 0.875. The Kier molecular flexibility index (Phi) is 5.07. The lowest BCUT2D eigenvalue weighted by atomic mass is 10.1. The predicted molar refractivity (Wildman–Crippen MR) is 80.8 cm³/mol. The third-order valence-electron chi connectivity index (χ3n) is 3.15. The Balaban J connectivity index is 2.18. The molecular formula is C16H21N3O. The summed E-state index contributed by atoms with van der Waals surface area (Å²) in [6.07, 6.45) is 2.51. The van der Waals surface area contributed by atoms with Crippen molar-refractivity contribution in [3.8, 4) is 0 Å². The molecule has 0 aliphatic carbocycles. The summed E-state index contributed by atoms with van der Waals surface area (Å²) in [6.45, 7) is 4.89. The molecule has 0 aliphatic heterocycles. The van der Waals surface area contributed by atoms with Crippen molar-refractivity contribution in [2.75, 3.05) is 18.1 Å². The first-order valence-corrected chi connectivity index (χ1v) is 6.94. The highest BCUT2D eigenvalue weighted by molar-refractivity contribution is 5.39. The molecule has 0 saturated heterocycles. The number of hydrogen-bond donors (Lipinski definition) is 1. The Hall–Kier alpha value is -1.94. The number of anilines is 1. The number of benzene rings is 1. The number of nitrogens with zero attached hydrogens (tertiary/aromatic N) is 3. The summed E-state index contributed by atoms with van der Waals surface area (Å²) in [4.78, 5) is 11.0. The second-order valence-electron chi connectivity index (χ2n) is 5.00. The van der Waals surface area contributed by atoms with Crippen LogP contribution in [0, 0.1) is 0 Å². The summed E-state index contributed by atoms with van der Waals surface area (Å²) in [7, 11) is 0. The van der Waals surface area contributed by atoms with Crippen LogP contribution < -0.4 is 4.90 Å². The van der Waals surface area contributed by atoms with Crippen LogP contribution in [0.1, 0.15) is 25.2 Å². The number of rotatable bonds is 6. The fraction of sp³-hybridized carbons (Fsp3) is 0.375. The Morgan fingerprint density at radius 2 is 1.90 bits per heavy atom. The van der Waals surface area contributed by atoms with Crippen LogP contribution in [0.4, 0.5) is 5.82 Å². The first kappa shape index (κ1) is 14.5. The molecule has 0 unspecified atom stereocenters. The van der Waals surface area contributed by atoms with E-state index < -0.39 is 0 Å². The highest BCUT2D eigenvalue weighted by atomic mass is 16.3. The Morgan fingerprint density at radius 3 is 2.55 bits per heavy atom. The Morgan fingerprint density at radius 1 is 1.15 bits per heavy atom. The van der Waals surface area contributed by atoms with Gasteiger partial charge in [-0.15, -0.1) is 0 Å². The van der Waals surface area contributed by atoms with Crippen molar-refractivity contribution in [1.82, 2.24) is 9.97 Å². The average molecular weight is 271 g/mol. The van der Waals surface area contributed by atoms with Gasteiger partial charge in [0.25, 0.3) is 0 Å². The van der Waals surface area contributed by atoms with Gasteiger partial charge in [0.2, 0.25) is 0 Å². The number of hydrogen-bond acceptors (Lipinski definition) is 4. The minimum atomic E-state index is 0.121. The van der Waals surface area contributed by atoms with E-state index in [1.807, 2.05) is 24.3 Å². The molecule has 4 heteroatoms. The Labute approximate surface area is 120 Å². The van der Waals surface area contributed by atoms with Crippen molar-refractivity contribution < 1.29 is 5.11 Å². The molecule has 2 aromatic rings. The fourth-order valence-electron chi connectivity index (χ4n) is 2.16. The van der Waals surface area contributed by atoms with Crippen molar-refractivity contribution >= 4 is 5.82 Å². The van der Waals surface area contributed by atoms with Crippen LogP contribution in [-0.2, 0) is 6.42 Å². The van der Waals surface area contributed by atoms with Gasteiger partial charge in [0.05, 0.1) is 6.61 Å². The largest absolute Gasteiger partial charge is 0.395 e. The maximum absolute atomic E-state index is 9.17. The van der Waals surface area contributed by atoms with E-state index in [0.29, 0.717) is 12.6 Å². The first-order valence-electron chi connectivity index (χ1n) is 6.94. The van der Waals surface area contributed by atoms with Crippen molar-refractivity contribution in [3.63, 3.8) is 0 Å². The molecule has 0 atom stereocenters. The smallest absolute Gasteiger partial charge is 0.135 e. The molecule has 106 valence electrons. The van der Waals surface area contributed by atoms with Gasteiger partial charge in [-0.2, -0.15) is 0 Å². The monoisotopic (exact) mass is 271 g/mol. The molecule has 0 aliphatic rings. The molecule has 0 spiro atoms. The summed E-state index contributed by atoms with van der Waals surface area (Å²) in [5.74, 6) is 1.67. The van der Waals surface area contributed by atoms with Gasteiger partial charge in [-0.25, -0.2) is 9.97 Å². The minimum absolute atomic E-state index is 0.121. The molecule has 0 saturated carbocycles. The van der Waals surface area contributed by atoms with Crippen LogP contribution in [0.5, 0.6) is 0 Å². The SMILES string of the molecule is CC(C)N(CCO)c1ccnc(Cc2ccccc2)n1. The van der Waals surface area contributed by atoms with Gasteiger partial charge in [-0.3, -0.25) is 0 Å². The Bertz CT molecular complexity index is 528. The summed E-state index contributed by atoms with van der Waals surface area (Å²) in [5.41, 5.74) is 1.20. The highest BCUT2D eigenvalue weighted by Crippen LogP contribution is 2.14. The zero-order valence-corrected chi connectivity index (χ0v) is 12.0. The summed E-state index contributed by atoms with van der Waals surface area (Å²) >= 11 is 0. The van der Waals surface area contributed by atoms with Gasteiger partial charge in [-0.1, -0.05) is 30.3 Å². The summed E-state index contributed by atoms with van der Waals surface area (Å²) in [5, 5.41) is 9.17. The van der Waals surface area contributed by atoms with Gasteiger partial charge < -0.3 is 10.0 Å². The van der Waals surface area contributed by atoms with Crippen LogP contribution in [0.25, 0.3) is 0 Å². The average Bonchev–Trinajstić information content (AvgIpc) is 2.46. The third-order valence-corrected chi connectivity index (χ3v) is 3.15. The zero-order valence-electron chi connectivity index (χ0n) is 12.0. The third kappa shape index (κ3) is 3.78. The van der Waals surface area contributed by atoms with E-state index in [4.69, 9.17) is 5.11 Å². The van der Waals surface area contributed by atoms with Gasteiger partial charge in [0.1, 0.15) is 11.6 Å². The lowest BCUT2D eigenvalue weighted by Gasteiger charge is -2.27. The number of aliphatic hydroxyl groups excluding tert-OH is 1. The van der Waals surface area contributed by atoms with E-state index in [-0.39, 0.29) is 6.61 Å². The molecule has 0 fully saturated rings. The van der Waals surface area contributed by atoms with Crippen LogP contribution in [0.15, 0.2) is 42.6 Å². The van der Waals surface area contributed by atoms with E-state index >= 15 is 0 Å². The molecule has 4 nitrogen and oxygen atoms in total. The van der Waals surface area contributed by atoms with Gasteiger partial charge >= 0.3 is 0 Å². The van der Waals surface area contributed by atoms with Crippen molar-refractivity contribution in [1.29, 1.82) is 0 Å². The second-order valence-corrected chi connectivity index (χ2v) is 5.00. The van der Waals surface area contributed by atoms with E-state index in [9.17, 15) is 0 Å². The molecule has 0 bridgehead atoms. The molecule has 1 N–H and O–H groups in total. The van der Waals surface area contributed by atoms with Crippen LogP contribution in [-0.4, -0.2) is 34.3 Å². The normalized spacial score (nSPS) is 10.8. The van der Waals surface area contributed by atoms with Crippen molar-refractivity contribution in [2.24, 2.45) is 0 Å². The van der Waals surface area contributed by atoms with Gasteiger partial charge in [0, 0.05) is 25.2 Å². The zero-order chi connectivity index (χ0) is 14.4. The molecule has 1 heterocycles. The second kappa shape index (κ2) is 7.01.